The molecule has 18 heavy (non-hydrogen) atoms. The lowest BCUT2D eigenvalue weighted by Gasteiger charge is -2.32. The molecule has 100 valence electrons. The van der Waals surface area contributed by atoms with Gasteiger partial charge in [-0.2, -0.15) is 0 Å². The molecule has 0 aromatic carbocycles. The first kappa shape index (κ1) is 13.5. The number of pyridine rings is 1. The van der Waals surface area contributed by atoms with Crippen LogP contribution in [-0.4, -0.2) is 18.1 Å². The van der Waals surface area contributed by atoms with Gasteiger partial charge < -0.3 is 5.32 Å². The second-order valence-corrected chi connectivity index (χ2v) is 5.69. The predicted octanol–water partition coefficient (Wildman–Crippen LogP) is 3.53. The maximum atomic E-state index is 4.66. The Hall–Kier alpha value is -0.890. The summed E-state index contributed by atoms with van der Waals surface area (Å²) in [5, 5.41) is 3.54. The third kappa shape index (κ3) is 2.92. The van der Waals surface area contributed by atoms with Gasteiger partial charge in [0.1, 0.15) is 0 Å². The molecule has 1 aromatic rings. The molecule has 2 rings (SSSR count). The molecule has 3 atom stereocenters. The average molecular weight is 246 g/mol. The van der Waals surface area contributed by atoms with Crippen molar-refractivity contribution >= 4 is 0 Å². The molecular formula is C16H26N2. The Morgan fingerprint density at radius 2 is 2.33 bits per heavy atom. The van der Waals surface area contributed by atoms with Gasteiger partial charge in [0.05, 0.1) is 0 Å². The highest BCUT2D eigenvalue weighted by atomic mass is 14.9. The van der Waals surface area contributed by atoms with E-state index in [1.165, 1.54) is 43.4 Å². The Kier molecular flexibility index (Phi) is 4.76. The lowest BCUT2D eigenvalue weighted by molar-refractivity contribution is 0.336. The number of nitrogens with zero attached hydrogens (tertiary/aromatic N) is 1. The Morgan fingerprint density at radius 3 is 3.06 bits per heavy atom. The highest BCUT2D eigenvalue weighted by Gasteiger charge is 2.28. The van der Waals surface area contributed by atoms with Gasteiger partial charge in [0.15, 0.2) is 0 Å². The molecule has 2 heteroatoms. The molecule has 1 aliphatic rings. The first-order valence-corrected chi connectivity index (χ1v) is 7.37. The summed E-state index contributed by atoms with van der Waals surface area (Å²) in [6, 6.07) is 4.91. The molecule has 0 saturated heterocycles. The van der Waals surface area contributed by atoms with Crippen molar-refractivity contribution < 1.29 is 0 Å². The Bertz CT molecular complexity index is 375. The summed E-state index contributed by atoms with van der Waals surface area (Å²) in [5.41, 5.74) is 2.82. The number of likely N-dealkylation sites (N-methyl/N-ethyl adjacent to an activating group) is 1. The lowest BCUT2D eigenvalue weighted by atomic mass is 9.79. The third-order valence-electron chi connectivity index (χ3n) is 4.45. The fourth-order valence-corrected chi connectivity index (χ4v) is 3.12. The van der Waals surface area contributed by atoms with Gasteiger partial charge in [-0.15, -0.1) is 0 Å². The third-order valence-corrected chi connectivity index (χ3v) is 4.45. The number of nitrogens with one attached hydrogen (secondary N) is 1. The minimum atomic E-state index is 0.578. The van der Waals surface area contributed by atoms with E-state index in [9.17, 15) is 0 Å². The quantitative estimate of drug-likeness (QED) is 0.859. The first-order valence-electron chi connectivity index (χ1n) is 7.37. The number of aromatic nitrogens is 1. The average Bonchev–Trinajstić information content (AvgIpc) is 2.44. The number of rotatable bonds is 5. The van der Waals surface area contributed by atoms with Crippen molar-refractivity contribution in [2.24, 2.45) is 5.92 Å². The summed E-state index contributed by atoms with van der Waals surface area (Å²) in [4.78, 5) is 4.66. The van der Waals surface area contributed by atoms with Crippen LogP contribution in [0.5, 0.6) is 0 Å². The van der Waals surface area contributed by atoms with Crippen molar-refractivity contribution in [3.05, 3.63) is 29.6 Å². The molecule has 0 amide bonds. The van der Waals surface area contributed by atoms with Gasteiger partial charge in [-0.3, -0.25) is 4.98 Å². The largest absolute Gasteiger partial charge is 0.316 e. The summed E-state index contributed by atoms with van der Waals surface area (Å²) in [6.07, 6.45) is 8.27. The number of aryl methyl sites for hydroxylation is 1. The molecule has 0 saturated carbocycles. The zero-order chi connectivity index (χ0) is 13.0. The minimum Gasteiger partial charge on any atom is -0.316 e. The molecule has 0 spiro atoms. The molecule has 0 aliphatic heterocycles. The van der Waals surface area contributed by atoms with Crippen LogP contribution in [-0.2, 0) is 6.42 Å². The van der Waals surface area contributed by atoms with Crippen molar-refractivity contribution in [1.82, 2.24) is 10.3 Å². The SMILES string of the molecule is CCC(C)CC(NC)C1CCCc2cccnc21. The number of hydrogen-bond acceptors (Lipinski definition) is 2. The van der Waals surface area contributed by atoms with Crippen LogP contribution in [0.4, 0.5) is 0 Å². The van der Waals surface area contributed by atoms with E-state index >= 15 is 0 Å². The van der Waals surface area contributed by atoms with Crippen molar-refractivity contribution in [3.63, 3.8) is 0 Å². The van der Waals surface area contributed by atoms with E-state index in [0.29, 0.717) is 12.0 Å². The molecule has 0 bridgehead atoms. The van der Waals surface area contributed by atoms with Crippen molar-refractivity contribution in [2.45, 2.75) is 57.9 Å². The normalized spacial score (nSPS) is 22.3. The van der Waals surface area contributed by atoms with Gasteiger partial charge in [0.2, 0.25) is 0 Å². The van der Waals surface area contributed by atoms with Crippen LogP contribution in [0.15, 0.2) is 18.3 Å². The molecule has 1 heterocycles. The Morgan fingerprint density at radius 1 is 1.50 bits per heavy atom. The summed E-state index contributed by atoms with van der Waals surface area (Å²) >= 11 is 0. The van der Waals surface area contributed by atoms with E-state index in [1.54, 1.807) is 0 Å². The van der Waals surface area contributed by atoms with Crippen molar-refractivity contribution in [2.75, 3.05) is 7.05 Å². The number of fused-ring (bicyclic) bond motifs is 1. The van der Waals surface area contributed by atoms with Crippen molar-refractivity contribution in [1.29, 1.82) is 0 Å². The highest BCUT2D eigenvalue weighted by molar-refractivity contribution is 5.27. The molecule has 1 aromatic heterocycles. The monoisotopic (exact) mass is 246 g/mol. The van der Waals surface area contributed by atoms with Gasteiger partial charge in [-0.1, -0.05) is 26.3 Å². The van der Waals surface area contributed by atoms with Crippen LogP contribution in [0.1, 0.15) is 56.7 Å². The maximum Gasteiger partial charge on any atom is 0.0481 e. The molecule has 1 aliphatic carbocycles. The van der Waals surface area contributed by atoms with Gasteiger partial charge in [0.25, 0.3) is 0 Å². The first-order chi connectivity index (χ1) is 8.76. The standard InChI is InChI=1S/C16H26N2/c1-4-12(2)11-15(17-3)14-9-5-7-13-8-6-10-18-16(13)14/h6,8,10,12,14-15,17H,4-5,7,9,11H2,1-3H3. The van der Waals surface area contributed by atoms with Crippen LogP contribution in [0.25, 0.3) is 0 Å². The molecule has 1 N–H and O–H groups in total. The predicted molar refractivity (Wildman–Crippen MR) is 76.8 cm³/mol. The molecule has 2 nitrogen and oxygen atoms in total. The zero-order valence-electron chi connectivity index (χ0n) is 11.9. The molecule has 0 fully saturated rings. The zero-order valence-corrected chi connectivity index (χ0v) is 11.9. The van der Waals surface area contributed by atoms with Gasteiger partial charge in [-0.25, -0.2) is 0 Å². The Balaban J connectivity index is 2.17. The van der Waals surface area contributed by atoms with E-state index in [4.69, 9.17) is 0 Å². The van der Waals surface area contributed by atoms with E-state index in [0.717, 1.165) is 5.92 Å². The van der Waals surface area contributed by atoms with Crippen molar-refractivity contribution in [3.8, 4) is 0 Å². The maximum absolute atomic E-state index is 4.66. The molecule has 3 unspecified atom stereocenters. The number of hydrogen-bond donors (Lipinski definition) is 1. The summed E-state index contributed by atoms with van der Waals surface area (Å²) in [7, 11) is 2.10. The lowest BCUT2D eigenvalue weighted by Crippen LogP contribution is -2.36. The summed E-state index contributed by atoms with van der Waals surface area (Å²) in [5.74, 6) is 1.39. The Labute approximate surface area is 111 Å². The molecular weight excluding hydrogens is 220 g/mol. The van der Waals surface area contributed by atoms with E-state index < -0.39 is 0 Å². The minimum absolute atomic E-state index is 0.578. The molecule has 0 radical (unpaired) electrons. The second-order valence-electron chi connectivity index (χ2n) is 5.69. The van der Waals surface area contributed by atoms with Gasteiger partial charge >= 0.3 is 0 Å². The summed E-state index contributed by atoms with van der Waals surface area (Å²) in [6.45, 7) is 4.64. The highest BCUT2D eigenvalue weighted by Crippen LogP contribution is 2.34. The van der Waals surface area contributed by atoms with Crippen LogP contribution in [0, 0.1) is 5.92 Å². The van der Waals surface area contributed by atoms with Crippen LogP contribution in [0.3, 0.4) is 0 Å². The van der Waals surface area contributed by atoms with Crippen LogP contribution >= 0.6 is 0 Å². The smallest absolute Gasteiger partial charge is 0.0481 e. The van der Waals surface area contributed by atoms with E-state index in [2.05, 4.69) is 43.3 Å². The van der Waals surface area contributed by atoms with Gasteiger partial charge in [0, 0.05) is 23.9 Å². The fourth-order valence-electron chi connectivity index (χ4n) is 3.12. The van der Waals surface area contributed by atoms with Gasteiger partial charge in [-0.05, 0) is 50.3 Å². The van der Waals surface area contributed by atoms with E-state index in [-0.39, 0.29) is 0 Å². The van der Waals surface area contributed by atoms with Crippen LogP contribution < -0.4 is 5.32 Å². The van der Waals surface area contributed by atoms with Crippen LogP contribution in [0.2, 0.25) is 0 Å². The summed E-state index contributed by atoms with van der Waals surface area (Å²) < 4.78 is 0. The fraction of sp³-hybridized carbons (Fsp3) is 0.688. The second kappa shape index (κ2) is 6.33. The topological polar surface area (TPSA) is 24.9 Å². The van der Waals surface area contributed by atoms with E-state index in [1.807, 2.05) is 6.20 Å².